The highest BCUT2D eigenvalue weighted by Crippen LogP contribution is 2.15. The number of hydrogen-bond donors (Lipinski definition) is 2. The summed E-state index contributed by atoms with van der Waals surface area (Å²) in [7, 11) is 0. The van der Waals surface area contributed by atoms with Crippen LogP contribution in [0, 0.1) is 0 Å². The predicted octanol–water partition coefficient (Wildman–Crippen LogP) is 1.22. The van der Waals surface area contributed by atoms with Crippen LogP contribution < -0.4 is 15.8 Å². The van der Waals surface area contributed by atoms with Gasteiger partial charge < -0.3 is 20.5 Å². The predicted molar refractivity (Wildman–Crippen MR) is 72.1 cm³/mol. The molecule has 0 amide bonds. The summed E-state index contributed by atoms with van der Waals surface area (Å²) in [4.78, 5) is 12.1. The maximum atomic E-state index is 5.62. The zero-order valence-electron chi connectivity index (χ0n) is 11.3. The monoisotopic (exact) mass is 267 g/mol. The van der Waals surface area contributed by atoms with Crippen LogP contribution in [0.1, 0.15) is 32.6 Å². The summed E-state index contributed by atoms with van der Waals surface area (Å²) in [5, 5.41) is 3.13. The highest BCUT2D eigenvalue weighted by Gasteiger charge is 2.15. The summed E-state index contributed by atoms with van der Waals surface area (Å²) in [6.45, 7) is 4.21. The number of nitrogen functional groups attached to an aromatic ring is 1. The van der Waals surface area contributed by atoms with Crippen LogP contribution in [0.5, 0.6) is 6.01 Å². The summed E-state index contributed by atoms with van der Waals surface area (Å²) < 4.78 is 10.9. The van der Waals surface area contributed by atoms with E-state index in [2.05, 4.69) is 20.3 Å². The van der Waals surface area contributed by atoms with Crippen LogP contribution in [0.4, 0.5) is 11.9 Å². The van der Waals surface area contributed by atoms with E-state index in [1.54, 1.807) is 0 Å². The van der Waals surface area contributed by atoms with Crippen molar-refractivity contribution < 1.29 is 9.47 Å². The lowest BCUT2D eigenvalue weighted by atomic mass is 10.2. The zero-order chi connectivity index (χ0) is 13.5. The molecule has 3 N–H and O–H groups in total. The molecule has 1 fully saturated rings. The molecule has 1 aliphatic rings. The average molecular weight is 267 g/mol. The molecule has 1 aliphatic heterocycles. The van der Waals surface area contributed by atoms with Gasteiger partial charge in [0.2, 0.25) is 11.9 Å². The first-order chi connectivity index (χ1) is 9.28. The average Bonchev–Trinajstić information content (AvgIpc) is 2.89. The second kappa shape index (κ2) is 7.08. The lowest BCUT2D eigenvalue weighted by Gasteiger charge is -2.10. The second-order valence-corrected chi connectivity index (χ2v) is 4.50. The van der Waals surface area contributed by atoms with Crippen molar-refractivity contribution >= 4 is 11.9 Å². The third-order valence-electron chi connectivity index (χ3n) is 2.84. The molecule has 0 aromatic carbocycles. The van der Waals surface area contributed by atoms with Gasteiger partial charge in [-0.1, -0.05) is 6.92 Å². The van der Waals surface area contributed by atoms with Gasteiger partial charge in [0, 0.05) is 13.2 Å². The Morgan fingerprint density at radius 2 is 2.32 bits per heavy atom. The van der Waals surface area contributed by atoms with E-state index >= 15 is 0 Å². The molecule has 0 aliphatic carbocycles. The third kappa shape index (κ3) is 4.51. The molecule has 2 heterocycles. The van der Waals surface area contributed by atoms with Crippen LogP contribution in [0.25, 0.3) is 0 Å². The van der Waals surface area contributed by atoms with E-state index in [4.69, 9.17) is 15.2 Å². The van der Waals surface area contributed by atoms with Crippen molar-refractivity contribution in [2.75, 3.05) is 30.8 Å². The molecule has 106 valence electrons. The molecule has 1 saturated heterocycles. The topological polar surface area (TPSA) is 95.2 Å². The van der Waals surface area contributed by atoms with Gasteiger partial charge in [-0.2, -0.15) is 15.0 Å². The normalized spacial score (nSPS) is 18.5. The molecule has 19 heavy (non-hydrogen) atoms. The molecular formula is C12H21N5O2. The fourth-order valence-electron chi connectivity index (χ4n) is 1.93. The fourth-order valence-corrected chi connectivity index (χ4v) is 1.93. The van der Waals surface area contributed by atoms with E-state index in [-0.39, 0.29) is 12.0 Å². The van der Waals surface area contributed by atoms with Gasteiger partial charge in [0.25, 0.3) is 0 Å². The summed E-state index contributed by atoms with van der Waals surface area (Å²) in [5.74, 6) is 0.623. The Morgan fingerprint density at radius 1 is 1.42 bits per heavy atom. The number of nitrogens with zero attached hydrogens (tertiary/aromatic N) is 3. The van der Waals surface area contributed by atoms with Crippen LogP contribution in [0.3, 0.4) is 0 Å². The molecule has 0 radical (unpaired) electrons. The zero-order valence-corrected chi connectivity index (χ0v) is 11.3. The number of ether oxygens (including phenoxy) is 2. The van der Waals surface area contributed by atoms with E-state index in [1.807, 2.05) is 6.92 Å². The van der Waals surface area contributed by atoms with Crippen molar-refractivity contribution in [2.45, 2.75) is 38.7 Å². The molecule has 1 atom stereocenters. The van der Waals surface area contributed by atoms with E-state index in [9.17, 15) is 0 Å². The van der Waals surface area contributed by atoms with Crippen molar-refractivity contribution in [3.63, 3.8) is 0 Å². The summed E-state index contributed by atoms with van der Waals surface area (Å²) in [6, 6.07) is 0.272. The number of rotatable bonds is 7. The number of nitrogens with two attached hydrogens (primary N) is 1. The smallest absolute Gasteiger partial charge is 0.323 e. The van der Waals surface area contributed by atoms with Gasteiger partial charge in [-0.25, -0.2) is 0 Å². The standard InChI is InChI=1S/C12H21N5O2/c1-2-7-19-12-16-10(13)15-11(17-12)14-6-5-9-4-3-8-18-9/h9H,2-8H2,1H3,(H3,13,14,15,16,17). The summed E-state index contributed by atoms with van der Waals surface area (Å²) >= 11 is 0. The Morgan fingerprint density at radius 3 is 3.05 bits per heavy atom. The molecule has 0 saturated carbocycles. The molecule has 7 nitrogen and oxygen atoms in total. The first-order valence-electron chi connectivity index (χ1n) is 6.77. The Labute approximate surface area is 112 Å². The largest absolute Gasteiger partial charge is 0.463 e. The van der Waals surface area contributed by atoms with Gasteiger partial charge >= 0.3 is 6.01 Å². The number of hydrogen-bond acceptors (Lipinski definition) is 7. The highest BCUT2D eigenvalue weighted by atomic mass is 16.5. The van der Waals surface area contributed by atoms with Crippen molar-refractivity contribution in [1.29, 1.82) is 0 Å². The van der Waals surface area contributed by atoms with Crippen molar-refractivity contribution in [3.8, 4) is 6.01 Å². The lowest BCUT2D eigenvalue weighted by Crippen LogP contribution is -2.15. The molecular weight excluding hydrogens is 246 g/mol. The lowest BCUT2D eigenvalue weighted by molar-refractivity contribution is 0.107. The SMILES string of the molecule is CCCOc1nc(N)nc(NCCC2CCCO2)n1. The van der Waals surface area contributed by atoms with Gasteiger partial charge in [-0.3, -0.25) is 0 Å². The Balaban J connectivity index is 1.82. The molecule has 1 unspecified atom stereocenters. The summed E-state index contributed by atoms with van der Waals surface area (Å²) in [6.07, 6.45) is 4.47. The van der Waals surface area contributed by atoms with Gasteiger partial charge in [0.15, 0.2) is 0 Å². The minimum atomic E-state index is 0.167. The summed E-state index contributed by atoms with van der Waals surface area (Å²) in [5.41, 5.74) is 5.62. The van der Waals surface area contributed by atoms with E-state index in [0.717, 1.165) is 38.8 Å². The van der Waals surface area contributed by atoms with E-state index in [0.29, 0.717) is 18.7 Å². The molecule has 7 heteroatoms. The number of anilines is 2. The second-order valence-electron chi connectivity index (χ2n) is 4.50. The minimum absolute atomic E-state index is 0.167. The van der Waals surface area contributed by atoms with Gasteiger partial charge in [0.05, 0.1) is 12.7 Å². The van der Waals surface area contributed by atoms with Crippen LogP contribution in [0.15, 0.2) is 0 Å². The van der Waals surface area contributed by atoms with Crippen LogP contribution in [-0.4, -0.2) is 40.8 Å². The van der Waals surface area contributed by atoms with Crippen molar-refractivity contribution in [1.82, 2.24) is 15.0 Å². The molecule has 2 rings (SSSR count). The van der Waals surface area contributed by atoms with Crippen molar-refractivity contribution in [3.05, 3.63) is 0 Å². The molecule has 0 bridgehead atoms. The Kier molecular flexibility index (Phi) is 5.14. The first kappa shape index (κ1) is 13.8. The Hall–Kier alpha value is -1.63. The van der Waals surface area contributed by atoms with Crippen LogP contribution in [0.2, 0.25) is 0 Å². The third-order valence-corrected chi connectivity index (χ3v) is 2.84. The quantitative estimate of drug-likeness (QED) is 0.767. The molecule has 0 spiro atoms. The van der Waals surface area contributed by atoms with Gasteiger partial charge in [0.1, 0.15) is 0 Å². The number of aromatic nitrogens is 3. The minimum Gasteiger partial charge on any atom is -0.463 e. The van der Waals surface area contributed by atoms with Gasteiger partial charge in [-0.05, 0) is 25.7 Å². The highest BCUT2D eigenvalue weighted by molar-refractivity contribution is 5.32. The van der Waals surface area contributed by atoms with E-state index < -0.39 is 0 Å². The van der Waals surface area contributed by atoms with E-state index in [1.165, 1.54) is 0 Å². The Bertz CT molecular complexity index is 396. The fraction of sp³-hybridized carbons (Fsp3) is 0.750. The number of nitrogens with one attached hydrogen (secondary N) is 1. The molecule has 1 aromatic heterocycles. The maximum Gasteiger partial charge on any atom is 0.323 e. The van der Waals surface area contributed by atoms with Crippen LogP contribution in [-0.2, 0) is 4.74 Å². The van der Waals surface area contributed by atoms with Gasteiger partial charge in [-0.15, -0.1) is 0 Å². The maximum absolute atomic E-state index is 5.62. The van der Waals surface area contributed by atoms with Crippen LogP contribution >= 0.6 is 0 Å². The van der Waals surface area contributed by atoms with Crippen molar-refractivity contribution in [2.24, 2.45) is 0 Å². The first-order valence-corrected chi connectivity index (χ1v) is 6.77. The molecule has 1 aromatic rings.